The first-order valence-electron chi connectivity index (χ1n) is 8.43. The molecular weight excluding hydrogens is 426 g/mol. The predicted octanol–water partition coefficient (Wildman–Crippen LogP) is 0.732. The number of carbonyl (C=O) groups excluding carboxylic acids is 3. The van der Waals surface area contributed by atoms with E-state index in [0.29, 0.717) is 0 Å². The van der Waals surface area contributed by atoms with Crippen LogP contribution in [0.25, 0.3) is 0 Å². The SMILES string of the molecule is CC(=O)O[C@H]1[C@H](OC(C)=O)CSC(Oc2ccc(S(C)(=O)=O)nc2)[C@@H]1OC(C)=O. The molecule has 0 N–H and O–H groups in total. The van der Waals surface area contributed by atoms with E-state index in [1.807, 2.05) is 0 Å². The second-order valence-corrected chi connectivity index (χ2v) is 9.31. The van der Waals surface area contributed by atoms with Crippen molar-refractivity contribution >= 4 is 39.5 Å². The fourth-order valence-corrected chi connectivity index (χ4v) is 4.38. The Morgan fingerprint density at radius 2 is 1.59 bits per heavy atom. The molecule has 1 aliphatic heterocycles. The molecule has 12 heteroatoms. The van der Waals surface area contributed by atoms with Crippen molar-refractivity contribution in [2.24, 2.45) is 0 Å². The van der Waals surface area contributed by atoms with Crippen LogP contribution in [0, 0.1) is 0 Å². The van der Waals surface area contributed by atoms with Crippen LogP contribution in [0.4, 0.5) is 0 Å². The smallest absolute Gasteiger partial charge is 0.303 e. The Morgan fingerprint density at radius 3 is 2.07 bits per heavy atom. The van der Waals surface area contributed by atoms with Gasteiger partial charge in [-0.2, -0.15) is 0 Å². The van der Waals surface area contributed by atoms with Crippen LogP contribution in [0.2, 0.25) is 0 Å². The Hall–Kier alpha value is -2.34. The summed E-state index contributed by atoms with van der Waals surface area (Å²) >= 11 is 1.18. The Balaban J connectivity index is 2.28. The zero-order valence-electron chi connectivity index (χ0n) is 16.2. The minimum atomic E-state index is -3.47. The number of nitrogens with zero attached hydrogens (tertiary/aromatic N) is 1. The number of rotatable bonds is 6. The molecule has 0 aliphatic carbocycles. The molecule has 0 spiro atoms. The Morgan fingerprint density at radius 1 is 1.00 bits per heavy atom. The highest BCUT2D eigenvalue weighted by Gasteiger charge is 2.47. The molecule has 0 radical (unpaired) electrons. The van der Waals surface area contributed by atoms with E-state index in [9.17, 15) is 22.8 Å². The van der Waals surface area contributed by atoms with Crippen molar-refractivity contribution in [1.82, 2.24) is 4.98 Å². The number of aromatic nitrogens is 1. The summed E-state index contributed by atoms with van der Waals surface area (Å²) in [5.41, 5.74) is -0.819. The fraction of sp³-hybridized carbons (Fsp3) is 0.529. The minimum absolute atomic E-state index is 0.120. The van der Waals surface area contributed by atoms with Gasteiger partial charge >= 0.3 is 17.9 Å². The first kappa shape index (κ1) is 22.9. The maximum Gasteiger partial charge on any atom is 0.303 e. The van der Waals surface area contributed by atoms with Crippen LogP contribution in [0.15, 0.2) is 23.4 Å². The van der Waals surface area contributed by atoms with Crippen molar-refractivity contribution in [2.45, 2.75) is 49.5 Å². The summed E-state index contributed by atoms with van der Waals surface area (Å²) in [5.74, 6) is -1.42. The number of hydrogen-bond acceptors (Lipinski definition) is 11. The number of esters is 3. The first-order chi connectivity index (χ1) is 13.5. The van der Waals surface area contributed by atoms with Gasteiger partial charge in [0.05, 0.1) is 6.20 Å². The zero-order chi connectivity index (χ0) is 21.8. The van der Waals surface area contributed by atoms with Crippen molar-refractivity contribution < 1.29 is 41.7 Å². The summed E-state index contributed by atoms with van der Waals surface area (Å²) < 4.78 is 44.6. The summed E-state index contributed by atoms with van der Waals surface area (Å²) in [6.45, 7) is 3.58. The van der Waals surface area contributed by atoms with Crippen LogP contribution in [0.1, 0.15) is 20.8 Å². The predicted molar refractivity (Wildman–Crippen MR) is 101 cm³/mol. The molecule has 0 aromatic carbocycles. The van der Waals surface area contributed by atoms with E-state index in [1.165, 1.54) is 50.9 Å². The summed E-state index contributed by atoms with van der Waals surface area (Å²) in [5, 5.41) is -0.120. The van der Waals surface area contributed by atoms with Gasteiger partial charge in [-0.05, 0) is 12.1 Å². The molecule has 1 aromatic heterocycles. The normalized spacial score (nSPS) is 24.3. The van der Waals surface area contributed by atoms with Gasteiger partial charge in [-0.15, -0.1) is 11.8 Å². The molecule has 1 aromatic rings. The van der Waals surface area contributed by atoms with E-state index in [4.69, 9.17) is 18.9 Å². The third-order valence-electron chi connectivity index (χ3n) is 3.65. The van der Waals surface area contributed by atoms with Crippen LogP contribution in [-0.4, -0.2) is 67.1 Å². The number of thioether (sulfide) groups is 1. The molecule has 29 heavy (non-hydrogen) atoms. The molecule has 1 aliphatic rings. The molecule has 160 valence electrons. The van der Waals surface area contributed by atoms with Gasteiger partial charge in [0, 0.05) is 32.8 Å². The maximum absolute atomic E-state index is 11.6. The van der Waals surface area contributed by atoms with Crippen molar-refractivity contribution in [3.05, 3.63) is 18.3 Å². The van der Waals surface area contributed by atoms with Crippen LogP contribution < -0.4 is 4.74 Å². The highest BCUT2D eigenvalue weighted by atomic mass is 32.2. The van der Waals surface area contributed by atoms with Gasteiger partial charge < -0.3 is 18.9 Å². The van der Waals surface area contributed by atoms with Crippen molar-refractivity contribution in [3.63, 3.8) is 0 Å². The number of carbonyl (C=O) groups is 3. The second-order valence-electron chi connectivity index (χ2n) is 6.22. The summed E-state index contributed by atoms with van der Waals surface area (Å²) in [6.07, 6.45) is -0.733. The molecule has 2 heterocycles. The summed E-state index contributed by atoms with van der Waals surface area (Å²) in [6, 6.07) is 2.69. The third-order valence-corrected chi connectivity index (χ3v) is 5.86. The fourth-order valence-electron chi connectivity index (χ4n) is 2.60. The molecule has 1 saturated heterocycles. The lowest BCUT2D eigenvalue weighted by Gasteiger charge is -2.39. The zero-order valence-corrected chi connectivity index (χ0v) is 17.8. The van der Waals surface area contributed by atoms with Gasteiger partial charge in [-0.25, -0.2) is 13.4 Å². The molecule has 2 rings (SSSR count). The number of pyridine rings is 1. The van der Waals surface area contributed by atoms with Crippen LogP contribution >= 0.6 is 11.8 Å². The average molecular weight is 447 g/mol. The molecule has 4 atom stereocenters. The van der Waals surface area contributed by atoms with Gasteiger partial charge in [0.25, 0.3) is 0 Å². The van der Waals surface area contributed by atoms with Crippen molar-refractivity contribution in [2.75, 3.05) is 12.0 Å². The van der Waals surface area contributed by atoms with Crippen molar-refractivity contribution in [3.8, 4) is 5.75 Å². The van der Waals surface area contributed by atoms with Crippen LogP contribution in [0.5, 0.6) is 5.75 Å². The topological polar surface area (TPSA) is 135 Å². The van der Waals surface area contributed by atoms with E-state index >= 15 is 0 Å². The van der Waals surface area contributed by atoms with Gasteiger partial charge in [0.15, 0.2) is 38.6 Å². The highest BCUT2D eigenvalue weighted by Crippen LogP contribution is 2.34. The summed E-state index contributed by atoms with van der Waals surface area (Å²) in [4.78, 5) is 38.4. The number of ether oxygens (including phenoxy) is 4. The molecule has 0 bridgehead atoms. The van der Waals surface area contributed by atoms with Crippen LogP contribution in [-0.2, 0) is 38.4 Å². The number of hydrogen-bond donors (Lipinski definition) is 0. The van der Waals surface area contributed by atoms with E-state index in [1.54, 1.807) is 0 Å². The van der Waals surface area contributed by atoms with E-state index in [0.717, 1.165) is 6.26 Å². The lowest BCUT2D eigenvalue weighted by molar-refractivity contribution is -0.186. The standard InChI is InChI=1S/C17H21NO9S2/c1-9(19)24-13-8-28-17(16(26-11(3)21)15(13)25-10(2)20)27-12-5-6-14(18-7-12)29(4,22)23/h5-7,13,15-17H,8H2,1-4H3/t13-,15+,16-,17?/m1/s1. The highest BCUT2D eigenvalue weighted by molar-refractivity contribution is 7.99. The van der Waals surface area contributed by atoms with Gasteiger partial charge in [-0.1, -0.05) is 0 Å². The Labute approximate surface area is 172 Å². The lowest BCUT2D eigenvalue weighted by Crippen LogP contribution is -2.55. The third kappa shape index (κ3) is 6.60. The monoisotopic (exact) mass is 447 g/mol. The lowest BCUT2D eigenvalue weighted by atomic mass is 10.1. The first-order valence-corrected chi connectivity index (χ1v) is 11.4. The average Bonchev–Trinajstić information content (AvgIpc) is 2.58. The van der Waals surface area contributed by atoms with Crippen LogP contribution in [0.3, 0.4) is 0 Å². The van der Waals surface area contributed by atoms with E-state index in [2.05, 4.69) is 4.98 Å². The quantitative estimate of drug-likeness (QED) is 0.451. The van der Waals surface area contributed by atoms with E-state index < -0.39 is 51.5 Å². The van der Waals surface area contributed by atoms with Gasteiger partial charge in [0.1, 0.15) is 5.75 Å². The molecule has 1 unspecified atom stereocenters. The second kappa shape index (κ2) is 9.44. The number of sulfone groups is 1. The van der Waals surface area contributed by atoms with E-state index in [-0.39, 0.29) is 16.5 Å². The summed E-state index contributed by atoms with van der Waals surface area (Å²) in [7, 11) is -3.47. The molecule has 0 amide bonds. The largest absolute Gasteiger partial charge is 0.474 e. The molecule has 1 fully saturated rings. The Bertz CT molecular complexity index is 869. The van der Waals surface area contributed by atoms with Gasteiger partial charge in [0.2, 0.25) is 0 Å². The molecular formula is C17H21NO9S2. The Kier molecular flexibility index (Phi) is 7.47. The molecule has 0 saturated carbocycles. The maximum atomic E-state index is 11.6. The van der Waals surface area contributed by atoms with Gasteiger partial charge in [-0.3, -0.25) is 14.4 Å². The van der Waals surface area contributed by atoms with Crippen molar-refractivity contribution in [1.29, 1.82) is 0 Å². The molecule has 10 nitrogen and oxygen atoms in total. The minimum Gasteiger partial charge on any atom is -0.474 e.